The fraction of sp³-hybridized carbons (Fsp3) is 0.409. The standard InChI is InChI=1S/C22H25ClN2O/c1-3-24(4-2)13-14-25-20-8-6-5-7-18(20)22(21(25)26)15-19(22)16-9-11-17(23)12-10-16/h5-12,19H,3-4,13-15H2,1-2H3. The average molecular weight is 369 g/mol. The summed E-state index contributed by atoms with van der Waals surface area (Å²) in [5, 5.41) is 0.738. The predicted octanol–water partition coefficient (Wildman–Crippen LogP) is 4.45. The van der Waals surface area contributed by atoms with Crippen LogP contribution in [0.15, 0.2) is 48.5 Å². The Morgan fingerprint density at radius 1 is 1.12 bits per heavy atom. The van der Waals surface area contributed by atoms with Crippen LogP contribution in [0.2, 0.25) is 5.02 Å². The molecule has 2 aromatic rings. The highest BCUT2D eigenvalue weighted by atomic mass is 35.5. The molecule has 0 radical (unpaired) electrons. The Balaban J connectivity index is 1.63. The summed E-state index contributed by atoms with van der Waals surface area (Å²) in [6.07, 6.45) is 0.895. The Morgan fingerprint density at radius 3 is 2.50 bits per heavy atom. The largest absolute Gasteiger partial charge is 0.310 e. The Kier molecular flexibility index (Phi) is 4.54. The number of anilines is 1. The van der Waals surface area contributed by atoms with Gasteiger partial charge in [0.1, 0.15) is 0 Å². The van der Waals surface area contributed by atoms with E-state index in [-0.39, 0.29) is 17.2 Å². The molecule has 3 nitrogen and oxygen atoms in total. The molecule has 1 aliphatic carbocycles. The van der Waals surface area contributed by atoms with Crippen LogP contribution in [0.5, 0.6) is 0 Å². The minimum atomic E-state index is -0.367. The number of para-hydroxylation sites is 1. The Bertz CT molecular complexity index is 815. The molecule has 2 atom stereocenters. The van der Waals surface area contributed by atoms with Crippen molar-refractivity contribution >= 4 is 23.2 Å². The van der Waals surface area contributed by atoms with Gasteiger partial charge in [0.25, 0.3) is 0 Å². The first-order valence-corrected chi connectivity index (χ1v) is 9.89. The van der Waals surface area contributed by atoms with Gasteiger partial charge in [-0.1, -0.05) is 55.8 Å². The summed E-state index contributed by atoms with van der Waals surface area (Å²) in [6, 6.07) is 16.3. The monoisotopic (exact) mass is 368 g/mol. The van der Waals surface area contributed by atoms with Gasteiger partial charge in [-0.25, -0.2) is 0 Å². The van der Waals surface area contributed by atoms with Crippen molar-refractivity contribution in [3.05, 3.63) is 64.7 Å². The Labute approximate surface area is 160 Å². The first-order chi connectivity index (χ1) is 12.6. The maximum Gasteiger partial charge on any atom is 0.238 e. The molecule has 1 aliphatic heterocycles. The van der Waals surface area contributed by atoms with Gasteiger partial charge < -0.3 is 9.80 Å². The van der Waals surface area contributed by atoms with E-state index in [2.05, 4.69) is 49.1 Å². The summed E-state index contributed by atoms with van der Waals surface area (Å²) in [4.78, 5) is 17.9. The van der Waals surface area contributed by atoms with E-state index in [1.165, 1.54) is 11.1 Å². The first-order valence-electron chi connectivity index (χ1n) is 9.51. The van der Waals surface area contributed by atoms with Crippen LogP contribution in [-0.2, 0) is 10.2 Å². The number of halogens is 1. The molecule has 4 rings (SSSR count). The van der Waals surface area contributed by atoms with Crippen LogP contribution >= 0.6 is 11.6 Å². The number of carbonyl (C=O) groups is 1. The number of hydrogen-bond donors (Lipinski definition) is 0. The van der Waals surface area contributed by atoms with Gasteiger partial charge in [0.15, 0.2) is 0 Å². The minimum Gasteiger partial charge on any atom is -0.310 e. The summed E-state index contributed by atoms with van der Waals surface area (Å²) < 4.78 is 0. The first kappa shape index (κ1) is 17.6. The third kappa shape index (κ3) is 2.65. The molecule has 136 valence electrons. The van der Waals surface area contributed by atoms with E-state index in [0.29, 0.717) is 0 Å². The van der Waals surface area contributed by atoms with Crippen molar-refractivity contribution in [2.24, 2.45) is 0 Å². The fourth-order valence-electron chi connectivity index (χ4n) is 4.45. The number of amides is 1. The maximum atomic E-state index is 13.5. The van der Waals surface area contributed by atoms with Gasteiger partial charge in [-0.05, 0) is 48.8 Å². The number of benzene rings is 2. The van der Waals surface area contributed by atoms with Gasteiger partial charge in [0.2, 0.25) is 5.91 Å². The smallest absolute Gasteiger partial charge is 0.238 e. The molecule has 0 saturated heterocycles. The number of rotatable bonds is 6. The van der Waals surface area contributed by atoms with E-state index in [0.717, 1.165) is 43.3 Å². The van der Waals surface area contributed by atoms with Crippen LogP contribution in [0.25, 0.3) is 0 Å². The highest BCUT2D eigenvalue weighted by Gasteiger charge is 2.66. The summed E-state index contributed by atoms with van der Waals surface area (Å²) in [6.45, 7) is 8.03. The van der Waals surface area contributed by atoms with Crippen LogP contribution < -0.4 is 4.90 Å². The maximum absolute atomic E-state index is 13.5. The molecular weight excluding hydrogens is 344 g/mol. The number of nitrogens with zero attached hydrogens (tertiary/aromatic N) is 2. The highest BCUT2D eigenvalue weighted by molar-refractivity contribution is 6.30. The number of likely N-dealkylation sites (N-methyl/N-ethyl adjacent to an activating group) is 1. The second-order valence-electron chi connectivity index (χ2n) is 7.28. The van der Waals surface area contributed by atoms with E-state index in [4.69, 9.17) is 11.6 Å². The summed E-state index contributed by atoms with van der Waals surface area (Å²) in [5.41, 5.74) is 3.14. The molecule has 1 saturated carbocycles. The molecule has 2 aliphatic rings. The lowest BCUT2D eigenvalue weighted by Gasteiger charge is -2.24. The molecule has 1 amide bonds. The molecule has 26 heavy (non-hydrogen) atoms. The van der Waals surface area contributed by atoms with Crippen LogP contribution in [0, 0.1) is 0 Å². The van der Waals surface area contributed by atoms with Crippen molar-refractivity contribution in [3.8, 4) is 0 Å². The molecule has 4 heteroatoms. The molecule has 0 N–H and O–H groups in total. The summed E-state index contributed by atoms with van der Waals surface area (Å²) >= 11 is 6.04. The van der Waals surface area contributed by atoms with Crippen molar-refractivity contribution in [2.45, 2.75) is 31.6 Å². The zero-order valence-corrected chi connectivity index (χ0v) is 16.2. The van der Waals surface area contributed by atoms with E-state index in [1.807, 2.05) is 23.1 Å². The average Bonchev–Trinajstić information content (AvgIpc) is 3.37. The highest BCUT2D eigenvalue weighted by Crippen LogP contribution is 2.66. The van der Waals surface area contributed by atoms with E-state index >= 15 is 0 Å². The van der Waals surface area contributed by atoms with E-state index in [9.17, 15) is 4.79 Å². The van der Waals surface area contributed by atoms with Crippen LogP contribution in [0.3, 0.4) is 0 Å². The van der Waals surface area contributed by atoms with Gasteiger partial charge in [-0.3, -0.25) is 4.79 Å². The predicted molar refractivity (Wildman–Crippen MR) is 107 cm³/mol. The molecule has 0 bridgehead atoms. The molecule has 2 unspecified atom stereocenters. The fourth-order valence-corrected chi connectivity index (χ4v) is 4.58. The number of carbonyl (C=O) groups excluding carboxylic acids is 1. The Hall–Kier alpha value is -1.84. The second kappa shape index (κ2) is 6.71. The quantitative estimate of drug-likeness (QED) is 0.751. The van der Waals surface area contributed by atoms with Gasteiger partial charge in [0, 0.05) is 29.7 Å². The van der Waals surface area contributed by atoms with E-state index < -0.39 is 0 Å². The lowest BCUT2D eigenvalue weighted by Crippen LogP contribution is -2.39. The minimum absolute atomic E-state index is 0.256. The molecule has 2 aromatic carbocycles. The zero-order valence-electron chi connectivity index (χ0n) is 15.4. The molecule has 1 spiro atoms. The molecular formula is C22H25ClN2O. The normalized spacial score (nSPS) is 23.8. The van der Waals surface area contributed by atoms with Crippen molar-refractivity contribution in [1.82, 2.24) is 4.90 Å². The Morgan fingerprint density at radius 2 is 1.81 bits per heavy atom. The van der Waals surface area contributed by atoms with Gasteiger partial charge in [-0.2, -0.15) is 0 Å². The summed E-state index contributed by atoms with van der Waals surface area (Å²) in [5.74, 6) is 0.526. The third-order valence-electron chi connectivity index (χ3n) is 6.07. The zero-order chi connectivity index (χ0) is 18.3. The topological polar surface area (TPSA) is 23.6 Å². The van der Waals surface area contributed by atoms with Gasteiger partial charge in [-0.15, -0.1) is 0 Å². The molecule has 0 aromatic heterocycles. The third-order valence-corrected chi connectivity index (χ3v) is 6.32. The van der Waals surface area contributed by atoms with Crippen molar-refractivity contribution in [1.29, 1.82) is 0 Å². The summed E-state index contributed by atoms with van der Waals surface area (Å²) in [7, 11) is 0. The number of fused-ring (bicyclic) bond motifs is 2. The van der Waals surface area contributed by atoms with Crippen molar-refractivity contribution < 1.29 is 4.79 Å². The van der Waals surface area contributed by atoms with Crippen LogP contribution in [0.1, 0.15) is 37.3 Å². The van der Waals surface area contributed by atoms with Crippen molar-refractivity contribution in [2.75, 3.05) is 31.1 Å². The van der Waals surface area contributed by atoms with E-state index in [1.54, 1.807) is 0 Å². The number of hydrogen-bond acceptors (Lipinski definition) is 2. The van der Waals surface area contributed by atoms with Crippen molar-refractivity contribution in [3.63, 3.8) is 0 Å². The second-order valence-corrected chi connectivity index (χ2v) is 7.72. The molecule has 1 heterocycles. The van der Waals surface area contributed by atoms with Gasteiger partial charge >= 0.3 is 0 Å². The van der Waals surface area contributed by atoms with Crippen LogP contribution in [0.4, 0.5) is 5.69 Å². The van der Waals surface area contributed by atoms with Crippen LogP contribution in [-0.4, -0.2) is 37.0 Å². The lowest BCUT2D eigenvalue weighted by molar-refractivity contribution is -0.120. The lowest BCUT2D eigenvalue weighted by atomic mass is 9.92. The van der Waals surface area contributed by atoms with Gasteiger partial charge in [0.05, 0.1) is 5.41 Å². The molecule has 1 fully saturated rings. The SMILES string of the molecule is CCN(CC)CCN1C(=O)C2(CC2c2ccc(Cl)cc2)c2ccccc21.